The quantitative estimate of drug-likeness (QED) is 0.344. The van der Waals surface area contributed by atoms with Gasteiger partial charge < -0.3 is 15.8 Å². The van der Waals surface area contributed by atoms with Gasteiger partial charge in [-0.25, -0.2) is 0 Å². The first-order chi connectivity index (χ1) is 8.22. The van der Waals surface area contributed by atoms with E-state index >= 15 is 0 Å². The highest BCUT2D eigenvalue weighted by Gasteiger charge is 2.04. The summed E-state index contributed by atoms with van der Waals surface area (Å²) in [7, 11) is 0. The molecule has 4 nitrogen and oxygen atoms in total. The van der Waals surface area contributed by atoms with Crippen LogP contribution in [-0.2, 0) is 0 Å². The fourth-order valence-electron chi connectivity index (χ4n) is 1.72. The topological polar surface area (TPSA) is 61.8 Å². The zero-order valence-electron chi connectivity index (χ0n) is 10.6. The van der Waals surface area contributed by atoms with Crippen LogP contribution in [0.4, 0.5) is 5.69 Å². The molecule has 0 spiro atoms. The third kappa shape index (κ3) is 3.66. The summed E-state index contributed by atoms with van der Waals surface area (Å²) in [5, 5.41) is 11.6. The first kappa shape index (κ1) is 13.4. The highest BCUT2D eigenvalue weighted by atomic mass is 16.4. The second kappa shape index (κ2) is 6.78. The van der Waals surface area contributed by atoms with Crippen molar-refractivity contribution in [2.45, 2.75) is 26.7 Å². The van der Waals surface area contributed by atoms with E-state index in [0.717, 1.165) is 18.7 Å². The third-order valence-electron chi connectivity index (χ3n) is 2.80. The maximum absolute atomic E-state index is 8.58. The summed E-state index contributed by atoms with van der Waals surface area (Å²) >= 11 is 0. The van der Waals surface area contributed by atoms with Crippen LogP contribution in [0, 0.1) is 0 Å². The molecule has 0 bridgehead atoms. The minimum absolute atomic E-state index is 0.146. The number of unbranched alkanes of at least 4 members (excludes halogenated alkanes) is 1. The van der Waals surface area contributed by atoms with Crippen molar-refractivity contribution in [3.05, 3.63) is 29.8 Å². The van der Waals surface area contributed by atoms with Crippen LogP contribution in [-0.4, -0.2) is 24.1 Å². The van der Waals surface area contributed by atoms with Gasteiger partial charge >= 0.3 is 0 Å². The Morgan fingerprint density at radius 1 is 1.29 bits per heavy atom. The second-order valence-electron chi connectivity index (χ2n) is 3.97. The van der Waals surface area contributed by atoms with Crippen molar-refractivity contribution in [2.75, 3.05) is 18.0 Å². The Morgan fingerprint density at radius 2 is 1.94 bits per heavy atom. The van der Waals surface area contributed by atoms with Crippen molar-refractivity contribution in [3.8, 4) is 0 Å². The fraction of sp³-hybridized carbons (Fsp3) is 0.462. The molecule has 0 aliphatic rings. The molecule has 0 aliphatic carbocycles. The molecule has 94 valence electrons. The van der Waals surface area contributed by atoms with Gasteiger partial charge in [-0.2, -0.15) is 0 Å². The van der Waals surface area contributed by atoms with Crippen LogP contribution in [0.2, 0.25) is 0 Å². The Kier molecular flexibility index (Phi) is 5.33. The standard InChI is InChI=1S/C13H21N3O/c1-3-5-10-16(4-2)12-8-6-11(7-9-12)13(14)15-17/h6-9,17H,3-5,10H2,1-2H3,(H2,14,15). The zero-order valence-corrected chi connectivity index (χ0v) is 10.6. The predicted molar refractivity (Wildman–Crippen MR) is 71.7 cm³/mol. The van der Waals surface area contributed by atoms with Gasteiger partial charge in [0.25, 0.3) is 0 Å². The molecule has 0 aliphatic heterocycles. The normalized spacial score (nSPS) is 11.5. The maximum atomic E-state index is 8.58. The lowest BCUT2D eigenvalue weighted by atomic mass is 10.1. The molecule has 0 unspecified atom stereocenters. The van der Waals surface area contributed by atoms with E-state index in [1.54, 1.807) is 0 Å². The van der Waals surface area contributed by atoms with E-state index < -0.39 is 0 Å². The molecule has 1 rings (SSSR count). The maximum Gasteiger partial charge on any atom is 0.170 e. The Bertz CT molecular complexity index is 359. The average molecular weight is 235 g/mol. The van der Waals surface area contributed by atoms with Gasteiger partial charge in [0.15, 0.2) is 5.84 Å². The molecule has 0 amide bonds. The first-order valence-electron chi connectivity index (χ1n) is 6.05. The number of nitrogens with zero attached hydrogens (tertiary/aromatic N) is 2. The summed E-state index contributed by atoms with van der Waals surface area (Å²) in [4.78, 5) is 2.32. The molecule has 3 N–H and O–H groups in total. The van der Waals surface area contributed by atoms with Crippen molar-refractivity contribution in [1.29, 1.82) is 0 Å². The molecule has 0 fully saturated rings. The molecule has 0 radical (unpaired) electrons. The van der Waals surface area contributed by atoms with Gasteiger partial charge in [-0.1, -0.05) is 18.5 Å². The molecule has 0 saturated heterocycles. The molecule has 0 atom stereocenters. The van der Waals surface area contributed by atoms with Gasteiger partial charge in [0.1, 0.15) is 0 Å². The lowest BCUT2D eigenvalue weighted by Crippen LogP contribution is -2.23. The van der Waals surface area contributed by atoms with Gasteiger partial charge in [0.05, 0.1) is 0 Å². The van der Waals surface area contributed by atoms with E-state index in [1.807, 2.05) is 24.3 Å². The lowest BCUT2D eigenvalue weighted by Gasteiger charge is -2.23. The molecule has 0 saturated carbocycles. The smallest absolute Gasteiger partial charge is 0.170 e. The largest absolute Gasteiger partial charge is 0.409 e. The van der Waals surface area contributed by atoms with Crippen LogP contribution >= 0.6 is 0 Å². The van der Waals surface area contributed by atoms with Gasteiger partial charge in [0.2, 0.25) is 0 Å². The van der Waals surface area contributed by atoms with E-state index in [9.17, 15) is 0 Å². The number of hydrogen-bond acceptors (Lipinski definition) is 3. The van der Waals surface area contributed by atoms with E-state index in [0.29, 0.717) is 0 Å². The number of anilines is 1. The molecule has 1 aromatic carbocycles. The Balaban J connectivity index is 2.77. The summed E-state index contributed by atoms with van der Waals surface area (Å²) < 4.78 is 0. The molecule has 1 aromatic rings. The molecule has 4 heteroatoms. The Hall–Kier alpha value is -1.71. The van der Waals surface area contributed by atoms with E-state index in [1.165, 1.54) is 18.5 Å². The predicted octanol–water partition coefficient (Wildman–Crippen LogP) is 2.41. The summed E-state index contributed by atoms with van der Waals surface area (Å²) in [6.45, 7) is 6.39. The summed E-state index contributed by atoms with van der Waals surface area (Å²) in [5.74, 6) is 0.146. The minimum atomic E-state index is 0.146. The summed E-state index contributed by atoms with van der Waals surface area (Å²) in [5.41, 5.74) is 7.43. The number of oxime groups is 1. The van der Waals surface area contributed by atoms with Crippen LogP contribution in [0.3, 0.4) is 0 Å². The number of hydrogen-bond donors (Lipinski definition) is 2. The number of nitrogens with two attached hydrogens (primary N) is 1. The SMILES string of the molecule is CCCCN(CC)c1ccc(/C(N)=N/O)cc1. The van der Waals surface area contributed by atoms with Crippen molar-refractivity contribution in [3.63, 3.8) is 0 Å². The Morgan fingerprint density at radius 3 is 2.41 bits per heavy atom. The molecule has 17 heavy (non-hydrogen) atoms. The van der Waals surface area contributed by atoms with Crippen LogP contribution in [0.25, 0.3) is 0 Å². The number of benzene rings is 1. The van der Waals surface area contributed by atoms with Crippen LogP contribution < -0.4 is 10.6 Å². The average Bonchev–Trinajstić information content (AvgIpc) is 2.39. The van der Waals surface area contributed by atoms with Crippen molar-refractivity contribution in [2.24, 2.45) is 10.9 Å². The van der Waals surface area contributed by atoms with Crippen molar-refractivity contribution >= 4 is 11.5 Å². The van der Waals surface area contributed by atoms with Crippen LogP contribution in [0.1, 0.15) is 32.3 Å². The molecular weight excluding hydrogens is 214 g/mol. The Labute approximate surface area is 103 Å². The van der Waals surface area contributed by atoms with Crippen molar-refractivity contribution < 1.29 is 5.21 Å². The zero-order chi connectivity index (χ0) is 12.7. The molecular formula is C13H21N3O. The van der Waals surface area contributed by atoms with Gasteiger partial charge in [-0.15, -0.1) is 0 Å². The van der Waals surface area contributed by atoms with Gasteiger partial charge in [-0.05, 0) is 37.6 Å². The van der Waals surface area contributed by atoms with E-state index in [2.05, 4.69) is 23.9 Å². The fourth-order valence-corrected chi connectivity index (χ4v) is 1.72. The van der Waals surface area contributed by atoms with Crippen LogP contribution in [0.15, 0.2) is 29.4 Å². The van der Waals surface area contributed by atoms with E-state index in [4.69, 9.17) is 10.9 Å². The number of amidine groups is 1. The first-order valence-corrected chi connectivity index (χ1v) is 6.05. The number of rotatable bonds is 6. The minimum Gasteiger partial charge on any atom is -0.409 e. The van der Waals surface area contributed by atoms with Crippen LogP contribution in [0.5, 0.6) is 0 Å². The summed E-state index contributed by atoms with van der Waals surface area (Å²) in [6.07, 6.45) is 2.38. The van der Waals surface area contributed by atoms with Crippen molar-refractivity contribution in [1.82, 2.24) is 0 Å². The highest BCUT2D eigenvalue weighted by Crippen LogP contribution is 2.15. The van der Waals surface area contributed by atoms with Gasteiger partial charge in [-0.3, -0.25) is 0 Å². The second-order valence-corrected chi connectivity index (χ2v) is 3.97. The monoisotopic (exact) mass is 235 g/mol. The third-order valence-corrected chi connectivity index (χ3v) is 2.80. The van der Waals surface area contributed by atoms with Gasteiger partial charge in [0, 0.05) is 24.3 Å². The summed E-state index contributed by atoms with van der Waals surface area (Å²) in [6, 6.07) is 7.76. The molecule has 0 aromatic heterocycles. The van der Waals surface area contributed by atoms with E-state index in [-0.39, 0.29) is 5.84 Å². The highest BCUT2D eigenvalue weighted by molar-refractivity contribution is 5.97. The molecule has 0 heterocycles. The lowest BCUT2D eigenvalue weighted by molar-refractivity contribution is 0.318.